The maximum atomic E-state index is 11.6. The second kappa shape index (κ2) is 7.52. The van der Waals surface area contributed by atoms with E-state index < -0.39 is 0 Å². The highest BCUT2D eigenvalue weighted by Gasteiger charge is 2.03. The monoisotopic (exact) mass is 256 g/mol. The summed E-state index contributed by atoms with van der Waals surface area (Å²) in [5, 5.41) is 2.92. The summed E-state index contributed by atoms with van der Waals surface area (Å²) in [5.41, 5.74) is 2.48. The number of nitrogens with zero attached hydrogens (tertiary/aromatic N) is 1. The third-order valence-corrected chi connectivity index (χ3v) is 3.26. The molecular formula is C16H20N2O. The van der Waals surface area contributed by atoms with Gasteiger partial charge in [-0.15, -0.1) is 0 Å². The Morgan fingerprint density at radius 3 is 2.89 bits per heavy atom. The van der Waals surface area contributed by atoms with E-state index in [1.54, 1.807) is 24.5 Å². The van der Waals surface area contributed by atoms with Gasteiger partial charge < -0.3 is 5.32 Å². The normalized spacial score (nSPS) is 15.3. The quantitative estimate of drug-likeness (QED) is 0.649. The van der Waals surface area contributed by atoms with Crippen molar-refractivity contribution in [3.8, 4) is 0 Å². The predicted molar refractivity (Wildman–Crippen MR) is 77.4 cm³/mol. The molecule has 1 aromatic rings. The van der Waals surface area contributed by atoms with Gasteiger partial charge in [-0.25, -0.2) is 0 Å². The molecule has 100 valence electrons. The van der Waals surface area contributed by atoms with Crippen molar-refractivity contribution >= 4 is 12.0 Å². The van der Waals surface area contributed by atoms with Gasteiger partial charge in [0.25, 0.3) is 0 Å². The molecule has 3 nitrogen and oxygen atoms in total. The van der Waals surface area contributed by atoms with Crippen LogP contribution in [-0.2, 0) is 4.79 Å². The van der Waals surface area contributed by atoms with Crippen LogP contribution < -0.4 is 5.32 Å². The molecule has 1 heterocycles. The number of allylic oxidation sites excluding steroid dienone is 1. The molecule has 19 heavy (non-hydrogen) atoms. The fraction of sp³-hybridized carbons (Fsp3) is 0.375. The lowest BCUT2D eigenvalue weighted by atomic mass is 9.97. The fourth-order valence-electron chi connectivity index (χ4n) is 2.18. The largest absolute Gasteiger partial charge is 0.352 e. The third-order valence-electron chi connectivity index (χ3n) is 3.26. The SMILES string of the molecule is O=C(/C=C/c1ccncc1)NCCC1=CCCCC1. The number of nitrogens with one attached hydrogen (secondary N) is 1. The van der Waals surface area contributed by atoms with Gasteiger partial charge in [-0.05, 0) is 55.9 Å². The Morgan fingerprint density at radius 1 is 1.32 bits per heavy atom. The Labute approximate surface area is 114 Å². The molecule has 1 N–H and O–H groups in total. The summed E-state index contributed by atoms with van der Waals surface area (Å²) in [7, 11) is 0. The van der Waals surface area contributed by atoms with Crippen LogP contribution in [0.1, 0.15) is 37.7 Å². The van der Waals surface area contributed by atoms with Crippen molar-refractivity contribution in [2.45, 2.75) is 32.1 Å². The van der Waals surface area contributed by atoms with E-state index in [1.807, 2.05) is 12.1 Å². The standard InChI is InChI=1S/C16H20N2O/c19-16(7-6-15-8-11-17-12-9-15)18-13-10-14-4-2-1-3-5-14/h4,6-9,11-12H,1-3,5,10,13H2,(H,18,19)/b7-6+. The average molecular weight is 256 g/mol. The molecule has 0 aliphatic heterocycles. The van der Waals surface area contributed by atoms with E-state index in [1.165, 1.54) is 31.3 Å². The smallest absolute Gasteiger partial charge is 0.244 e. The lowest BCUT2D eigenvalue weighted by Gasteiger charge is -2.12. The highest BCUT2D eigenvalue weighted by Crippen LogP contribution is 2.19. The van der Waals surface area contributed by atoms with Gasteiger partial charge >= 0.3 is 0 Å². The highest BCUT2D eigenvalue weighted by atomic mass is 16.1. The van der Waals surface area contributed by atoms with Crippen LogP contribution in [0.2, 0.25) is 0 Å². The van der Waals surface area contributed by atoms with Crippen molar-refractivity contribution in [3.63, 3.8) is 0 Å². The summed E-state index contributed by atoms with van der Waals surface area (Å²) in [6, 6.07) is 3.74. The summed E-state index contributed by atoms with van der Waals surface area (Å²) in [5.74, 6) is -0.0341. The Bertz CT molecular complexity index is 463. The molecule has 0 saturated carbocycles. The van der Waals surface area contributed by atoms with Crippen molar-refractivity contribution < 1.29 is 4.79 Å². The van der Waals surface area contributed by atoms with Gasteiger partial charge in [0.15, 0.2) is 0 Å². The number of amides is 1. The number of hydrogen-bond donors (Lipinski definition) is 1. The van der Waals surface area contributed by atoms with Gasteiger partial charge in [0.2, 0.25) is 5.91 Å². The molecule has 0 unspecified atom stereocenters. The van der Waals surface area contributed by atoms with Crippen LogP contribution in [0.15, 0.2) is 42.3 Å². The second-order valence-electron chi connectivity index (χ2n) is 4.76. The van der Waals surface area contributed by atoms with Gasteiger partial charge in [0.05, 0.1) is 0 Å². The second-order valence-corrected chi connectivity index (χ2v) is 4.76. The number of hydrogen-bond acceptors (Lipinski definition) is 2. The Kier molecular flexibility index (Phi) is 5.35. The molecule has 0 fully saturated rings. The van der Waals surface area contributed by atoms with Crippen molar-refractivity contribution in [1.29, 1.82) is 0 Å². The van der Waals surface area contributed by atoms with Gasteiger partial charge in [-0.2, -0.15) is 0 Å². The number of carbonyl (C=O) groups excluding carboxylic acids is 1. The first kappa shape index (κ1) is 13.5. The molecule has 0 atom stereocenters. The van der Waals surface area contributed by atoms with E-state index >= 15 is 0 Å². The summed E-state index contributed by atoms with van der Waals surface area (Å²) in [4.78, 5) is 15.6. The van der Waals surface area contributed by atoms with Crippen LogP contribution in [-0.4, -0.2) is 17.4 Å². The van der Waals surface area contributed by atoms with E-state index in [0.717, 1.165) is 18.5 Å². The van der Waals surface area contributed by atoms with Gasteiger partial charge in [-0.1, -0.05) is 11.6 Å². The first-order valence-electron chi connectivity index (χ1n) is 6.88. The minimum Gasteiger partial charge on any atom is -0.352 e. The zero-order chi connectivity index (χ0) is 13.3. The highest BCUT2D eigenvalue weighted by molar-refractivity contribution is 5.91. The average Bonchev–Trinajstić information content (AvgIpc) is 2.47. The molecule has 0 aromatic carbocycles. The van der Waals surface area contributed by atoms with E-state index in [9.17, 15) is 4.79 Å². The number of aromatic nitrogens is 1. The number of carbonyl (C=O) groups is 1. The Morgan fingerprint density at radius 2 is 2.16 bits per heavy atom. The van der Waals surface area contributed by atoms with Crippen LogP contribution in [0.4, 0.5) is 0 Å². The molecule has 1 aliphatic carbocycles. The molecule has 3 heteroatoms. The summed E-state index contributed by atoms with van der Waals surface area (Å²) in [6.07, 6.45) is 15.1. The van der Waals surface area contributed by atoms with Crippen LogP contribution in [0.3, 0.4) is 0 Å². The van der Waals surface area contributed by atoms with E-state index in [0.29, 0.717) is 0 Å². The molecule has 1 aromatic heterocycles. The van der Waals surface area contributed by atoms with Gasteiger partial charge in [-0.3, -0.25) is 9.78 Å². The Hall–Kier alpha value is -1.90. The van der Waals surface area contributed by atoms with Crippen molar-refractivity contribution in [3.05, 3.63) is 47.8 Å². The van der Waals surface area contributed by atoms with Gasteiger partial charge in [0.1, 0.15) is 0 Å². The zero-order valence-corrected chi connectivity index (χ0v) is 11.1. The first-order valence-corrected chi connectivity index (χ1v) is 6.88. The molecule has 1 amide bonds. The minimum absolute atomic E-state index is 0.0341. The Balaban J connectivity index is 1.70. The van der Waals surface area contributed by atoms with E-state index in [4.69, 9.17) is 0 Å². The maximum absolute atomic E-state index is 11.6. The predicted octanol–water partition coefficient (Wildman–Crippen LogP) is 3.10. The maximum Gasteiger partial charge on any atom is 0.244 e. The molecule has 1 aliphatic rings. The molecule has 0 saturated heterocycles. The number of rotatable bonds is 5. The summed E-state index contributed by atoms with van der Waals surface area (Å²) < 4.78 is 0. The van der Waals surface area contributed by atoms with E-state index in [2.05, 4.69) is 16.4 Å². The van der Waals surface area contributed by atoms with Crippen molar-refractivity contribution in [1.82, 2.24) is 10.3 Å². The molecule has 0 radical (unpaired) electrons. The molecular weight excluding hydrogens is 236 g/mol. The lowest BCUT2D eigenvalue weighted by molar-refractivity contribution is -0.116. The fourth-order valence-corrected chi connectivity index (χ4v) is 2.18. The van der Waals surface area contributed by atoms with Gasteiger partial charge in [0, 0.05) is 25.0 Å². The van der Waals surface area contributed by atoms with Crippen LogP contribution >= 0.6 is 0 Å². The minimum atomic E-state index is -0.0341. The molecule has 0 spiro atoms. The summed E-state index contributed by atoms with van der Waals surface area (Å²) >= 11 is 0. The van der Waals surface area contributed by atoms with Crippen LogP contribution in [0.5, 0.6) is 0 Å². The van der Waals surface area contributed by atoms with Crippen molar-refractivity contribution in [2.75, 3.05) is 6.54 Å². The zero-order valence-electron chi connectivity index (χ0n) is 11.1. The summed E-state index contributed by atoms with van der Waals surface area (Å²) in [6.45, 7) is 0.728. The topological polar surface area (TPSA) is 42.0 Å². The lowest BCUT2D eigenvalue weighted by Crippen LogP contribution is -2.22. The molecule has 0 bridgehead atoms. The number of pyridine rings is 1. The van der Waals surface area contributed by atoms with Crippen LogP contribution in [0, 0.1) is 0 Å². The van der Waals surface area contributed by atoms with Crippen LogP contribution in [0.25, 0.3) is 6.08 Å². The third kappa shape index (κ3) is 5.08. The van der Waals surface area contributed by atoms with Crippen molar-refractivity contribution in [2.24, 2.45) is 0 Å². The first-order chi connectivity index (χ1) is 9.34. The van der Waals surface area contributed by atoms with E-state index in [-0.39, 0.29) is 5.91 Å². The molecule has 2 rings (SSSR count).